The van der Waals surface area contributed by atoms with Crippen molar-refractivity contribution in [3.63, 3.8) is 0 Å². The summed E-state index contributed by atoms with van der Waals surface area (Å²) in [7, 11) is 0. The molecule has 0 atom stereocenters. The van der Waals surface area contributed by atoms with Crippen molar-refractivity contribution >= 4 is 16.7 Å². The second-order valence-electron chi connectivity index (χ2n) is 4.68. The molecule has 0 radical (unpaired) electrons. The molecular weight excluding hydrogens is 271 g/mol. The molecule has 0 saturated heterocycles. The molecule has 0 amide bonds. The van der Waals surface area contributed by atoms with Gasteiger partial charge in [0.25, 0.3) is 0 Å². The Morgan fingerprint density at radius 3 is 2.90 bits per heavy atom. The third-order valence-corrected chi connectivity index (χ3v) is 3.12. The number of nitrogen functional groups attached to an aromatic ring is 1. The number of ether oxygens (including phenoxy) is 1. The molecule has 6 heteroatoms. The number of halogens is 1. The fourth-order valence-electron chi connectivity index (χ4n) is 2.11. The van der Waals surface area contributed by atoms with Gasteiger partial charge in [-0.1, -0.05) is 24.3 Å². The summed E-state index contributed by atoms with van der Waals surface area (Å²) < 4.78 is 20.8. The number of benzene rings is 2. The minimum absolute atomic E-state index is 0.167. The number of aromatic nitrogens is 3. The molecule has 21 heavy (non-hydrogen) atoms. The Morgan fingerprint density at radius 1 is 1.29 bits per heavy atom. The summed E-state index contributed by atoms with van der Waals surface area (Å²) in [6.45, 7) is 2.40. The first kappa shape index (κ1) is 13.4. The molecule has 0 aliphatic heterocycles. The van der Waals surface area contributed by atoms with Crippen LogP contribution < -0.4 is 10.5 Å². The maximum Gasteiger partial charge on any atom is 0.167 e. The van der Waals surface area contributed by atoms with E-state index in [1.54, 1.807) is 10.7 Å². The molecule has 0 fully saturated rings. The van der Waals surface area contributed by atoms with Gasteiger partial charge < -0.3 is 10.5 Å². The molecule has 1 aromatic heterocycles. The van der Waals surface area contributed by atoms with Crippen LogP contribution in [-0.4, -0.2) is 21.6 Å². The quantitative estimate of drug-likeness (QED) is 0.749. The fraction of sp³-hybridized carbons (Fsp3) is 0.200. The number of nitrogens with zero attached hydrogens (tertiary/aromatic N) is 3. The molecule has 0 aliphatic rings. The van der Waals surface area contributed by atoms with E-state index in [1.807, 2.05) is 31.2 Å². The second-order valence-corrected chi connectivity index (χ2v) is 4.68. The van der Waals surface area contributed by atoms with Gasteiger partial charge in [-0.05, 0) is 18.6 Å². The lowest BCUT2D eigenvalue weighted by atomic mass is 10.2. The van der Waals surface area contributed by atoms with Crippen molar-refractivity contribution in [2.45, 2.75) is 13.3 Å². The standard InChI is InChI=1S/C15H15FN4O/c1-2-7-21-15-9-14(11(17)8-10(15)16)20-13-6-4-3-5-12(13)18-19-20/h3-6,8-9H,2,7,17H2,1H3. The Morgan fingerprint density at radius 2 is 2.10 bits per heavy atom. The predicted octanol–water partition coefficient (Wildman–Crippen LogP) is 2.93. The van der Waals surface area contributed by atoms with Crippen LogP contribution in [0.15, 0.2) is 36.4 Å². The van der Waals surface area contributed by atoms with E-state index in [2.05, 4.69) is 10.3 Å². The first-order chi connectivity index (χ1) is 10.2. The summed E-state index contributed by atoms with van der Waals surface area (Å²) in [6, 6.07) is 10.3. The molecule has 0 spiro atoms. The summed E-state index contributed by atoms with van der Waals surface area (Å²) >= 11 is 0. The average molecular weight is 286 g/mol. The van der Waals surface area contributed by atoms with E-state index in [4.69, 9.17) is 10.5 Å². The zero-order chi connectivity index (χ0) is 14.8. The lowest BCUT2D eigenvalue weighted by molar-refractivity contribution is 0.301. The summed E-state index contributed by atoms with van der Waals surface area (Å²) in [5, 5.41) is 8.16. The Balaban J connectivity index is 2.13. The van der Waals surface area contributed by atoms with Gasteiger partial charge in [-0.2, -0.15) is 0 Å². The largest absolute Gasteiger partial charge is 0.490 e. The molecule has 3 rings (SSSR count). The van der Waals surface area contributed by atoms with E-state index in [-0.39, 0.29) is 11.4 Å². The summed E-state index contributed by atoms with van der Waals surface area (Å²) in [6.07, 6.45) is 0.797. The third-order valence-electron chi connectivity index (χ3n) is 3.12. The van der Waals surface area contributed by atoms with Gasteiger partial charge in [0, 0.05) is 12.1 Å². The number of hydrogen-bond donors (Lipinski definition) is 1. The van der Waals surface area contributed by atoms with Gasteiger partial charge in [-0.25, -0.2) is 9.07 Å². The first-order valence-corrected chi connectivity index (χ1v) is 6.73. The van der Waals surface area contributed by atoms with E-state index in [1.165, 1.54) is 6.07 Å². The van der Waals surface area contributed by atoms with Crippen LogP contribution in [0.5, 0.6) is 5.75 Å². The summed E-state index contributed by atoms with van der Waals surface area (Å²) in [4.78, 5) is 0. The third kappa shape index (κ3) is 2.40. The zero-order valence-corrected chi connectivity index (χ0v) is 11.6. The van der Waals surface area contributed by atoms with E-state index in [0.29, 0.717) is 12.3 Å². The van der Waals surface area contributed by atoms with Crippen LogP contribution >= 0.6 is 0 Å². The minimum atomic E-state index is -0.478. The van der Waals surface area contributed by atoms with Gasteiger partial charge in [-0.15, -0.1) is 5.10 Å². The average Bonchev–Trinajstić information content (AvgIpc) is 2.90. The maximum atomic E-state index is 13.9. The van der Waals surface area contributed by atoms with Crippen LogP contribution in [0, 0.1) is 5.82 Å². The zero-order valence-electron chi connectivity index (χ0n) is 11.6. The van der Waals surface area contributed by atoms with Crippen LogP contribution in [0.1, 0.15) is 13.3 Å². The number of fused-ring (bicyclic) bond motifs is 1. The van der Waals surface area contributed by atoms with Crippen LogP contribution in [-0.2, 0) is 0 Å². The van der Waals surface area contributed by atoms with E-state index in [0.717, 1.165) is 17.5 Å². The molecule has 2 aromatic carbocycles. The highest BCUT2D eigenvalue weighted by Crippen LogP contribution is 2.28. The van der Waals surface area contributed by atoms with Gasteiger partial charge in [0.2, 0.25) is 0 Å². The Hall–Kier alpha value is -2.63. The van der Waals surface area contributed by atoms with E-state index in [9.17, 15) is 4.39 Å². The summed E-state index contributed by atoms with van der Waals surface area (Å²) in [5.41, 5.74) is 8.30. The van der Waals surface area contributed by atoms with Crippen molar-refractivity contribution in [1.29, 1.82) is 0 Å². The lowest BCUT2D eigenvalue weighted by Crippen LogP contribution is -2.05. The number of rotatable bonds is 4. The first-order valence-electron chi connectivity index (χ1n) is 6.73. The molecule has 0 aliphatic carbocycles. The summed E-state index contributed by atoms with van der Waals surface area (Å²) in [5.74, 6) is -0.310. The van der Waals surface area contributed by atoms with Gasteiger partial charge in [-0.3, -0.25) is 0 Å². The lowest BCUT2D eigenvalue weighted by Gasteiger charge is -2.11. The number of hydrogen-bond acceptors (Lipinski definition) is 4. The van der Waals surface area contributed by atoms with Crippen molar-refractivity contribution in [2.24, 2.45) is 0 Å². The Kier molecular flexibility index (Phi) is 3.43. The molecule has 5 nitrogen and oxygen atoms in total. The van der Waals surface area contributed by atoms with Gasteiger partial charge in [0.1, 0.15) is 5.52 Å². The maximum absolute atomic E-state index is 13.9. The van der Waals surface area contributed by atoms with Gasteiger partial charge in [0.15, 0.2) is 11.6 Å². The normalized spacial score (nSPS) is 11.0. The molecule has 3 aromatic rings. The highest BCUT2D eigenvalue weighted by Gasteiger charge is 2.14. The van der Waals surface area contributed by atoms with E-state index >= 15 is 0 Å². The molecule has 0 bridgehead atoms. The van der Waals surface area contributed by atoms with Crippen LogP contribution in [0.4, 0.5) is 10.1 Å². The number of para-hydroxylation sites is 1. The molecule has 0 unspecified atom stereocenters. The van der Waals surface area contributed by atoms with Crippen LogP contribution in [0.2, 0.25) is 0 Å². The van der Waals surface area contributed by atoms with Gasteiger partial charge in [0.05, 0.1) is 23.5 Å². The second kappa shape index (κ2) is 5.40. The molecule has 0 saturated carbocycles. The van der Waals surface area contributed by atoms with Crippen molar-refractivity contribution < 1.29 is 9.13 Å². The smallest absolute Gasteiger partial charge is 0.167 e. The Labute approximate surface area is 121 Å². The van der Waals surface area contributed by atoms with E-state index < -0.39 is 5.82 Å². The van der Waals surface area contributed by atoms with Crippen molar-refractivity contribution in [2.75, 3.05) is 12.3 Å². The van der Waals surface area contributed by atoms with Crippen molar-refractivity contribution in [1.82, 2.24) is 15.0 Å². The topological polar surface area (TPSA) is 66.0 Å². The fourth-order valence-corrected chi connectivity index (χ4v) is 2.11. The monoisotopic (exact) mass is 286 g/mol. The van der Waals surface area contributed by atoms with Crippen LogP contribution in [0.3, 0.4) is 0 Å². The van der Waals surface area contributed by atoms with Crippen LogP contribution in [0.25, 0.3) is 16.7 Å². The van der Waals surface area contributed by atoms with Crippen molar-refractivity contribution in [3.05, 3.63) is 42.2 Å². The molecule has 1 heterocycles. The number of nitrogens with two attached hydrogens (primary N) is 1. The minimum Gasteiger partial charge on any atom is -0.490 e. The highest BCUT2D eigenvalue weighted by molar-refractivity contribution is 5.78. The molecular formula is C15H15FN4O. The predicted molar refractivity (Wildman–Crippen MR) is 79.0 cm³/mol. The van der Waals surface area contributed by atoms with Gasteiger partial charge >= 0.3 is 0 Å². The SMILES string of the molecule is CCCOc1cc(-n2nnc3ccccc32)c(N)cc1F. The Bertz CT molecular complexity index is 784. The number of anilines is 1. The highest BCUT2D eigenvalue weighted by atomic mass is 19.1. The molecule has 108 valence electrons. The molecule has 2 N–H and O–H groups in total. The van der Waals surface area contributed by atoms with Crippen molar-refractivity contribution in [3.8, 4) is 11.4 Å².